The summed E-state index contributed by atoms with van der Waals surface area (Å²) in [6.45, 7) is 2.39. The third-order valence-electron chi connectivity index (χ3n) is 8.85. The van der Waals surface area contributed by atoms with Gasteiger partial charge in [-0.25, -0.2) is 8.78 Å². The third kappa shape index (κ3) is 6.73. The Morgan fingerprint density at radius 1 is 1.02 bits per heavy atom. The highest BCUT2D eigenvalue weighted by Gasteiger charge is 2.31. The molecule has 1 heterocycles. The number of nitrogens with zero attached hydrogens (tertiary/aromatic N) is 3. The first-order chi connectivity index (χ1) is 19.4. The van der Waals surface area contributed by atoms with E-state index in [1.807, 2.05) is 29.2 Å². The fraction of sp³-hybridized carbons (Fsp3) is 0.515. The van der Waals surface area contributed by atoms with Gasteiger partial charge < -0.3 is 9.64 Å². The minimum absolute atomic E-state index is 0.0739. The van der Waals surface area contributed by atoms with Crippen LogP contribution in [-0.4, -0.2) is 35.8 Å². The lowest BCUT2D eigenvalue weighted by atomic mass is 9.78. The lowest BCUT2D eigenvalue weighted by molar-refractivity contribution is -0.123. The maximum Gasteiger partial charge on any atom is 0.257 e. The minimum atomic E-state index is -2.45. The first kappa shape index (κ1) is 28.3. The average Bonchev–Trinajstić information content (AvgIpc) is 3.44. The first-order valence-electron chi connectivity index (χ1n) is 14.8. The number of anilines is 1. The van der Waals surface area contributed by atoms with E-state index >= 15 is 0 Å². The summed E-state index contributed by atoms with van der Waals surface area (Å²) < 4.78 is 32.4. The number of aryl methyl sites for hydroxylation is 1. The van der Waals surface area contributed by atoms with E-state index in [2.05, 4.69) is 30.2 Å². The molecule has 214 valence electrons. The van der Waals surface area contributed by atoms with Crippen molar-refractivity contribution in [3.63, 3.8) is 0 Å². The zero-order chi connectivity index (χ0) is 28.1. The van der Waals surface area contributed by atoms with Crippen LogP contribution < -0.4 is 9.64 Å². The number of ether oxygens (including phenoxy) is 1. The zero-order valence-electron chi connectivity index (χ0n) is 23.7. The summed E-state index contributed by atoms with van der Waals surface area (Å²) in [5, 5.41) is 4.11. The molecule has 2 aromatic carbocycles. The molecule has 2 aliphatic rings. The van der Waals surface area contributed by atoms with Crippen molar-refractivity contribution in [1.29, 1.82) is 0 Å². The van der Waals surface area contributed by atoms with Gasteiger partial charge in [0.15, 0.2) is 0 Å². The van der Waals surface area contributed by atoms with Crippen LogP contribution in [0.25, 0.3) is 11.1 Å². The molecule has 40 heavy (non-hydrogen) atoms. The van der Waals surface area contributed by atoms with Crippen molar-refractivity contribution in [2.75, 3.05) is 18.6 Å². The zero-order valence-corrected chi connectivity index (χ0v) is 23.7. The Morgan fingerprint density at radius 2 is 1.80 bits per heavy atom. The Morgan fingerprint density at radius 3 is 2.50 bits per heavy atom. The van der Waals surface area contributed by atoms with E-state index in [-0.39, 0.29) is 11.8 Å². The average molecular weight is 550 g/mol. The van der Waals surface area contributed by atoms with Crippen molar-refractivity contribution in [3.05, 3.63) is 66.0 Å². The van der Waals surface area contributed by atoms with Crippen molar-refractivity contribution in [2.45, 2.75) is 83.6 Å². The number of amides is 1. The molecule has 5 nitrogen and oxygen atoms in total. The summed E-state index contributed by atoms with van der Waals surface area (Å²) in [5.41, 5.74) is 5.11. The number of carbonyl (C=O) groups is 1. The number of halogens is 2. The van der Waals surface area contributed by atoms with Gasteiger partial charge in [0.25, 0.3) is 6.43 Å². The number of aromatic nitrogens is 2. The van der Waals surface area contributed by atoms with Crippen molar-refractivity contribution in [1.82, 2.24) is 9.78 Å². The molecule has 1 amide bonds. The van der Waals surface area contributed by atoms with Crippen LogP contribution in [0, 0.1) is 18.8 Å². The smallest absolute Gasteiger partial charge is 0.257 e. The van der Waals surface area contributed by atoms with E-state index in [0.29, 0.717) is 11.8 Å². The Kier molecular flexibility index (Phi) is 9.18. The third-order valence-corrected chi connectivity index (χ3v) is 8.85. The highest BCUT2D eigenvalue weighted by Crippen LogP contribution is 2.39. The highest BCUT2D eigenvalue weighted by molar-refractivity contribution is 5.95. The topological polar surface area (TPSA) is 47.4 Å². The lowest BCUT2D eigenvalue weighted by Gasteiger charge is -2.35. The standard InChI is InChI=1S/C33H41F2N3O2/c1-23-17-28(15-16-31(23)40-2)25-13-11-24(12-14-25)20-38(33(39)26-7-4-3-5-8-26)30-10-6-9-27(18-30)29-19-36-37(21-29)22-32(34)35/h6,9-10,15-19,21,24-26,32H,3-5,7-8,11-14,20,22H2,1-2H3/t24-,25-. The summed E-state index contributed by atoms with van der Waals surface area (Å²) in [5.74, 6) is 2.22. The summed E-state index contributed by atoms with van der Waals surface area (Å²) in [6, 6.07) is 14.5. The van der Waals surface area contributed by atoms with E-state index < -0.39 is 13.0 Å². The number of benzene rings is 2. The molecular formula is C33H41F2N3O2. The molecule has 0 bridgehead atoms. The molecule has 0 aliphatic heterocycles. The molecule has 5 rings (SSSR count). The van der Waals surface area contributed by atoms with Gasteiger partial charge in [0, 0.05) is 29.9 Å². The number of hydrogen-bond acceptors (Lipinski definition) is 3. The molecule has 1 aromatic heterocycles. The molecule has 0 unspecified atom stereocenters. The van der Waals surface area contributed by atoms with E-state index in [0.717, 1.165) is 80.5 Å². The summed E-state index contributed by atoms with van der Waals surface area (Å²) >= 11 is 0. The van der Waals surface area contributed by atoms with Crippen molar-refractivity contribution in [3.8, 4) is 16.9 Å². The van der Waals surface area contributed by atoms with Crippen LogP contribution in [0.2, 0.25) is 0 Å². The van der Waals surface area contributed by atoms with Gasteiger partial charge in [-0.1, -0.05) is 43.5 Å². The van der Waals surface area contributed by atoms with Crippen molar-refractivity contribution in [2.24, 2.45) is 11.8 Å². The maximum atomic E-state index is 13.9. The summed E-state index contributed by atoms with van der Waals surface area (Å²) in [6.07, 6.45) is 10.6. The van der Waals surface area contributed by atoms with Gasteiger partial charge in [-0.3, -0.25) is 9.48 Å². The van der Waals surface area contributed by atoms with Gasteiger partial charge in [0.05, 0.1) is 13.3 Å². The second kappa shape index (κ2) is 13.0. The second-order valence-electron chi connectivity index (χ2n) is 11.6. The predicted octanol–water partition coefficient (Wildman–Crippen LogP) is 8.02. The van der Waals surface area contributed by atoms with Crippen molar-refractivity contribution < 1.29 is 18.3 Å². The largest absolute Gasteiger partial charge is 0.496 e. The second-order valence-corrected chi connectivity index (χ2v) is 11.6. The van der Waals surface area contributed by atoms with Crippen LogP contribution in [0.3, 0.4) is 0 Å². The monoisotopic (exact) mass is 549 g/mol. The molecule has 2 saturated carbocycles. The van der Waals surface area contributed by atoms with E-state index in [1.54, 1.807) is 19.5 Å². The molecular weight excluding hydrogens is 508 g/mol. The van der Waals surface area contributed by atoms with Crippen LogP contribution in [0.4, 0.5) is 14.5 Å². The molecule has 3 aromatic rings. The maximum absolute atomic E-state index is 13.9. The van der Waals surface area contributed by atoms with Crippen LogP contribution in [-0.2, 0) is 11.3 Å². The molecule has 0 atom stereocenters. The predicted molar refractivity (Wildman–Crippen MR) is 155 cm³/mol. The van der Waals surface area contributed by atoms with Crippen LogP contribution >= 0.6 is 0 Å². The molecule has 2 fully saturated rings. The summed E-state index contributed by atoms with van der Waals surface area (Å²) in [4.78, 5) is 16.0. The number of hydrogen-bond donors (Lipinski definition) is 0. The number of carbonyl (C=O) groups excluding carboxylic acids is 1. The van der Waals surface area contributed by atoms with Gasteiger partial charge >= 0.3 is 0 Å². The van der Waals surface area contributed by atoms with E-state index in [9.17, 15) is 13.6 Å². The van der Waals surface area contributed by atoms with Gasteiger partial charge in [-0.15, -0.1) is 0 Å². The van der Waals surface area contributed by atoms with Gasteiger partial charge in [-0.05, 0) is 92.2 Å². The molecule has 0 saturated heterocycles. The number of alkyl halides is 2. The SMILES string of the molecule is COc1ccc([C@H]2CC[C@H](CN(C(=O)C3CCCCC3)c3cccc(-c4cnn(CC(F)F)c4)c3)CC2)cc1C. The lowest BCUT2D eigenvalue weighted by Crippen LogP contribution is -2.41. The fourth-order valence-corrected chi connectivity index (χ4v) is 6.59. The van der Waals surface area contributed by atoms with Crippen molar-refractivity contribution >= 4 is 11.6 Å². The quantitative estimate of drug-likeness (QED) is 0.272. The molecule has 7 heteroatoms. The normalized spacial score (nSPS) is 20.0. The number of methoxy groups -OCH3 is 1. The Bertz CT molecular complexity index is 1280. The Hall–Kier alpha value is -3.22. The van der Waals surface area contributed by atoms with E-state index in [1.165, 1.54) is 22.2 Å². The van der Waals surface area contributed by atoms with Gasteiger partial charge in [0.2, 0.25) is 5.91 Å². The molecule has 0 N–H and O–H groups in total. The molecule has 2 aliphatic carbocycles. The van der Waals surface area contributed by atoms with E-state index in [4.69, 9.17) is 4.74 Å². The molecule has 0 spiro atoms. The van der Waals surface area contributed by atoms with Gasteiger partial charge in [0.1, 0.15) is 12.3 Å². The van der Waals surface area contributed by atoms with Crippen LogP contribution in [0.5, 0.6) is 5.75 Å². The van der Waals surface area contributed by atoms with Crippen LogP contribution in [0.15, 0.2) is 54.9 Å². The first-order valence-corrected chi connectivity index (χ1v) is 14.8. The fourth-order valence-electron chi connectivity index (χ4n) is 6.59. The van der Waals surface area contributed by atoms with Gasteiger partial charge in [-0.2, -0.15) is 5.10 Å². The Labute approximate surface area is 236 Å². The minimum Gasteiger partial charge on any atom is -0.496 e. The Balaban J connectivity index is 1.32. The molecule has 0 radical (unpaired) electrons. The summed E-state index contributed by atoms with van der Waals surface area (Å²) in [7, 11) is 1.71. The van der Waals surface area contributed by atoms with Crippen LogP contribution in [0.1, 0.15) is 74.8 Å². The number of rotatable bonds is 9. The highest BCUT2D eigenvalue weighted by atomic mass is 19.3.